The molecule has 0 aliphatic rings. The van der Waals surface area contributed by atoms with E-state index in [2.05, 4.69) is 42.7 Å². The maximum atomic E-state index is 9.54. The fourth-order valence-electron chi connectivity index (χ4n) is 2.87. The highest BCUT2D eigenvalue weighted by Gasteiger charge is 2.10. The van der Waals surface area contributed by atoms with E-state index in [4.69, 9.17) is 11.6 Å². The number of benzene rings is 2. The smallest absolute Gasteiger partial charge is 0.0998 e. The second-order valence-electron chi connectivity index (χ2n) is 5.67. The molecule has 3 rings (SSSR count). The Morgan fingerprint density at radius 3 is 2.33 bits per heavy atom. The van der Waals surface area contributed by atoms with Gasteiger partial charge in [-0.05, 0) is 61.4 Å². The van der Waals surface area contributed by atoms with Gasteiger partial charge < -0.3 is 4.57 Å². The van der Waals surface area contributed by atoms with Crippen LogP contribution in [0.25, 0.3) is 17.3 Å². The van der Waals surface area contributed by atoms with Crippen LogP contribution in [0.4, 0.5) is 0 Å². The lowest BCUT2D eigenvalue weighted by molar-refractivity contribution is 0.964. The van der Waals surface area contributed by atoms with E-state index in [9.17, 15) is 5.26 Å². The third kappa shape index (κ3) is 3.13. The van der Waals surface area contributed by atoms with Crippen molar-refractivity contribution in [3.8, 4) is 11.8 Å². The molecule has 118 valence electrons. The lowest BCUT2D eigenvalue weighted by Gasteiger charge is -2.09. The molecule has 1 heterocycles. The Hall–Kier alpha value is -2.76. The number of allylic oxidation sites excluding steroid dienone is 1. The molecule has 0 aliphatic heterocycles. The summed E-state index contributed by atoms with van der Waals surface area (Å²) in [5, 5.41) is 10.2. The molecule has 0 atom stereocenters. The normalized spacial score (nSPS) is 11.3. The Bertz CT molecular complexity index is 926. The zero-order valence-electron chi connectivity index (χ0n) is 13.6. The summed E-state index contributed by atoms with van der Waals surface area (Å²) in [6.45, 7) is 4.15. The Morgan fingerprint density at radius 1 is 1.04 bits per heavy atom. The van der Waals surface area contributed by atoms with E-state index >= 15 is 0 Å². The van der Waals surface area contributed by atoms with Crippen LogP contribution in [0.2, 0.25) is 5.02 Å². The predicted molar refractivity (Wildman–Crippen MR) is 100 cm³/mol. The molecule has 3 heteroatoms. The molecule has 0 spiro atoms. The summed E-state index contributed by atoms with van der Waals surface area (Å²) in [7, 11) is 0. The molecule has 2 nitrogen and oxygen atoms in total. The molecule has 3 aromatic rings. The van der Waals surface area contributed by atoms with Crippen LogP contribution < -0.4 is 0 Å². The summed E-state index contributed by atoms with van der Waals surface area (Å²) in [6.07, 6.45) is 1.94. The fourth-order valence-corrected chi connectivity index (χ4v) is 3.00. The second-order valence-corrected chi connectivity index (χ2v) is 6.11. The zero-order chi connectivity index (χ0) is 17.1. The monoisotopic (exact) mass is 332 g/mol. The van der Waals surface area contributed by atoms with Crippen molar-refractivity contribution >= 4 is 23.3 Å². The Morgan fingerprint density at radius 2 is 1.71 bits per heavy atom. The van der Waals surface area contributed by atoms with E-state index in [1.165, 1.54) is 0 Å². The standard InChI is InChI=1S/C21H17ClN2/c1-15-12-18(16(2)24(15)21-6-4-3-5-7-21)13-19(14-23)17-8-10-20(22)11-9-17/h3-13H,1-2H3/b19-13-. The number of halogens is 1. The predicted octanol–water partition coefficient (Wildman–Crippen LogP) is 5.81. The van der Waals surface area contributed by atoms with E-state index in [1.807, 2.05) is 36.4 Å². The summed E-state index contributed by atoms with van der Waals surface area (Å²) in [6, 6.07) is 22.0. The number of nitrogens with zero attached hydrogens (tertiary/aromatic N) is 2. The topological polar surface area (TPSA) is 28.7 Å². The van der Waals surface area contributed by atoms with Gasteiger partial charge in [0.25, 0.3) is 0 Å². The minimum atomic E-state index is 0.625. The van der Waals surface area contributed by atoms with Crippen molar-refractivity contribution in [1.29, 1.82) is 5.26 Å². The Kier molecular flexibility index (Phi) is 4.55. The molecule has 1 aromatic heterocycles. The van der Waals surface area contributed by atoms with E-state index in [1.54, 1.807) is 12.1 Å². The summed E-state index contributed by atoms with van der Waals surface area (Å²) in [5.41, 5.74) is 5.91. The van der Waals surface area contributed by atoms with Gasteiger partial charge in [-0.25, -0.2) is 0 Å². The molecular weight excluding hydrogens is 316 g/mol. The van der Waals surface area contributed by atoms with Crippen LogP contribution >= 0.6 is 11.6 Å². The first-order valence-electron chi connectivity index (χ1n) is 7.72. The highest BCUT2D eigenvalue weighted by Crippen LogP contribution is 2.25. The quantitative estimate of drug-likeness (QED) is 0.556. The maximum Gasteiger partial charge on any atom is 0.0998 e. The van der Waals surface area contributed by atoms with Crippen LogP contribution in [-0.4, -0.2) is 4.57 Å². The van der Waals surface area contributed by atoms with Gasteiger partial charge in [0.15, 0.2) is 0 Å². The van der Waals surface area contributed by atoms with Gasteiger partial charge in [-0.3, -0.25) is 0 Å². The first-order chi connectivity index (χ1) is 11.6. The lowest BCUT2D eigenvalue weighted by Crippen LogP contribution is -1.98. The lowest BCUT2D eigenvalue weighted by atomic mass is 10.0. The van der Waals surface area contributed by atoms with Gasteiger partial charge in [0.1, 0.15) is 0 Å². The third-order valence-corrected chi connectivity index (χ3v) is 4.31. The molecule has 0 N–H and O–H groups in total. The number of hydrogen-bond acceptors (Lipinski definition) is 1. The molecule has 0 bridgehead atoms. The minimum Gasteiger partial charge on any atom is -0.318 e. The van der Waals surface area contributed by atoms with E-state index in [-0.39, 0.29) is 0 Å². The zero-order valence-corrected chi connectivity index (χ0v) is 14.4. The van der Waals surface area contributed by atoms with Crippen LogP contribution in [-0.2, 0) is 0 Å². The summed E-state index contributed by atoms with van der Waals surface area (Å²) < 4.78 is 2.20. The van der Waals surface area contributed by atoms with Gasteiger partial charge in [0, 0.05) is 22.1 Å². The average Bonchev–Trinajstić information content (AvgIpc) is 2.88. The Balaban J connectivity index is 2.07. The maximum absolute atomic E-state index is 9.54. The molecule has 0 aliphatic carbocycles. The number of nitriles is 1. The van der Waals surface area contributed by atoms with Crippen molar-refractivity contribution in [1.82, 2.24) is 4.57 Å². The van der Waals surface area contributed by atoms with Crippen molar-refractivity contribution in [3.63, 3.8) is 0 Å². The first kappa shape index (κ1) is 16.1. The molecule has 0 amide bonds. The number of aryl methyl sites for hydroxylation is 1. The van der Waals surface area contributed by atoms with Gasteiger partial charge in [-0.1, -0.05) is 41.9 Å². The molecule has 0 radical (unpaired) electrons. The number of aromatic nitrogens is 1. The van der Waals surface area contributed by atoms with Crippen molar-refractivity contribution in [2.45, 2.75) is 13.8 Å². The SMILES string of the molecule is Cc1cc(/C=C(/C#N)c2ccc(Cl)cc2)c(C)n1-c1ccccc1. The average molecular weight is 333 g/mol. The third-order valence-electron chi connectivity index (χ3n) is 4.06. The molecule has 0 fully saturated rings. The fraction of sp³-hybridized carbons (Fsp3) is 0.0952. The summed E-state index contributed by atoms with van der Waals surface area (Å²) in [4.78, 5) is 0. The van der Waals surface area contributed by atoms with Gasteiger partial charge in [0.2, 0.25) is 0 Å². The first-order valence-corrected chi connectivity index (χ1v) is 8.10. The van der Waals surface area contributed by atoms with Crippen LogP contribution in [0.1, 0.15) is 22.5 Å². The molecular formula is C21H17ClN2. The van der Waals surface area contributed by atoms with Gasteiger partial charge >= 0.3 is 0 Å². The van der Waals surface area contributed by atoms with Gasteiger partial charge in [-0.2, -0.15) is 5.26 Å². The van der Waals surface area contributed by atoms with Crippen LogP contribution in [0.15, 0.2) is 60.7 Å². The molecule has 2 aromatic carbocycles. The molecule has 0 saturated heterocycles. The van der Waals surface area contributed by atoms with Crippen molar-refractivity contribution in [2.24, 2.45) is 0 Å². The van der Waals surface area contributed by atoms with Crippen LogP contribution in [0, 0.1) is 25.2 Å². The summed E-state index contributed by atoms with van der Waals surface area (Å²) in [5.74, 6) is 0. The van der Waals surface area contributed by atoms with Crippen molar-refractivity contribution < 1.29 is 0 Å². The molecule has 0 unspecified atom stereocenters. The van der Waals surface area contributed by atoms with E-state index < -0.39 is 0 Å². The van der Waals surface area contributed by atoms with Crippen LogP contribution in [0.3, 0.4) is 0 Å². The Labute approximate surface area is 147 Å². The number of rotatable bonds is 3. The highest BCUT2D eigenvalue weighted by atomic mass is 35.5. The second kappa shape index (κ2) is 6.78. The van der Waals surface area contributed by atoms with E-state index in [0.717, 1.165) is 28.2 Å². The highest BCUT2D eigenvalue weighted by molar-refractivity contribution is 6.30. The van der Waals surface area contributed by atoms with Gasteiger partial charge in [-0.15, -0.1) is 0 Å². The minimum absolute atomic E-state index is 0.625. The number of hydrogen-bond donors (Lipinski definition) is 0. The van der Waals surface area contributed by atoms with Crippen LogP contribution in [0.5, 0.6) is 0 Å². The van der Waals surface area contributed by atoms with Gasteiger partial charge in [0.05, 0.1) is 11.6 Å². The van der Waals surface area contributed by atoms with E-state index in [0.29, 0.717) is 10.6 Å². The number of para-hydroxylation sites is 1. The van der Waals surface area contributed by atoms with Crippen molar-refractivity contribution in [2.75, 3.05) is 0 Å². The summed E-state index contributed by atoms with van der Waals surface area (Å²) >= 11 is 5.93. The van der Waals surface area contributed by atoms with Crippen molar-refractivity contribution in [3.05, 3.63) is 88.2 Å². The molecule has 24 heavy (non-hydrogen) atoms. The molecule has 0 saturated carbocycles. The largest absolute Gasteiger partial charge is 0.318 e.